The van der Waals surface area contributed by atoms with Crippen molar-refractivity contribution in [3.63, 3.8) is 0 Å². The molecule has 7 heteroatoms. The van der Waals surface area contributed by atoms with Crippen molar-refractivity contribution in [1.29, 1.82) is 0 Å². The van der Waals surface area contributed by atoms with Gasteiger partial charge in [-0.25, -0.2) is 0 Å². The lowest BCUT2D eigenvalue weighted by molar-refractivity contribution is -0.384. The lowest BCUT2D eigenvalue weighted by atomic mass is 10.1. The first-order chi connectivity index (χ1) is 13.1. The molecule has 0 bridgehead atoms. The summed E-state index contributed by atoms with van der Waals surface area (Å²) in [4.78, 5) is 23.6. The minimum Gasteiger partial charge on any atom is -0.457 e. The standard InChI is InChI=1S/C20H14N2O4S/c23-19-17-12-14(22(24)25)9-10-18(17)27-20(21-19)13-5-4-8-16(11-13)26-15-6-2-1-3-7-15/h1-12,20H,(H,21,23). The van der Waals surface area contributed by atoms with E-state index in [0.717, 1.165) is 11.3 Å². The van der Waals surface area contributed by atoms with Crippen LogP contribution in [0.25, 0.3) is 0 Å². The first-order valence-corrected chi connectivity index (χ1v) is 9.07. The van der Waals surface area contributed by atoms with Crippen LogP contribution in [-0.2, 0) is 0 Å². The number of nitro benzene ring substituents is 1. The number of amides is 1. The molecule has 0 spiro atoms. The lowest BCUT2D eigenvalue weighted by Gasteiger charge is -2.25. The number of nitrogens with one attached hydrogen (secondary N) is 1. The molecule has 0 radical (unpaired) electrons. The molecule has 1 aliphatic rings. The monoisotopic (exact) mass is 378 g/mol. The van der Waals surface area contributed by atoms with Crippen LogP contribution in [-0.4, -0.2) is 10.8 Å². The molecule has 1 amide bonds. The molecule has 134 valence electrons. The Morgan fingerprint density at radius 2 is 1.74 bits per heavy atom. The number of non-ortho nitro benzene ring substituents is 1. The van der Waals surface area contributed by atoms with Gasteiger partial charge in [-0.1, -0.05) is 42.1 Å². The number of hydrogen-bond donors (Lipinski definition) is 1. The number of nitrogens with zero attached hydrogens (tertiary/aromatic N) is 1. The Balaban J connectivity index is 1.59. The number of carbonyl (C=O) groups excluding carboxylic acids is 1. The van der Waals surface area contributed by atoms with Crippen molar-refractivity contribution in [3.8, 4) is 11.5 Å². The van der Waals surface area contributed by atoms with Gasteiger partial charge < -0.3 is 10.1 Å². The normalized spacial score (nSPS) is 15.6. The van der Waals surface area contributed by atoms with E-state index < -0.39 is 4.92 Å². The largest absolute Gasteiger partial charge is 0.457 e. The van der Waals surface area contributed by atoms with Crippen LogP contribution in [0.15, 0.2) is 77.7 Å². The summed E-state index contributed by atoms with van der Waals surface area (Å²) in [6.07, 6.45) is 0. The third kappa shape index (κ3) is 3.63. The van der Waals surface area contributed by atoms with E-state index in [0.29, 0.717) is 16.2 Å². The van der Waals surface area contributed by atoms with Gasteiger partial charge in [0.2, 0.25) is 0 Å². The molecule has 6 nitrogen and oxygen atoms in total. The van der Waals surface area contributed by atoms with E-state index >= 15 is 0 Å². The van der Waals surface area contributed by atoms with Gasteiger partial charge in [0.15, 0.2) is 0 Å². The summed E-state index contributed by atoms with van der Waals surface area (Å²) in [7, 11) is 0. The smallest absolute Gasteiger partial charge is 0.270 e. The average Bonchev–Trinajstić information content (AvgIpc) is 2.68. The van der Waals surface area contributed by atoms with Gasteiger partial charge in [0.1, 0.15) is 16.9 Å². The molecule has 3 aromatic carbocycles. The highest BCUT2D eigenvalue weighted by Crippen LogP contribution is 2.41. The SMILES string of the molecule is O=C1NC(c2cccc(Oc3ccccc3)c2)Sc2ccc([N+](=O)[O-])cc21. The van der Waals surface area contributed by atoms with Crippen molar-refractivity contribution in [1.82, 2.24) is 5.32 Å². The van der Waals surface area contributed by atoms with Crippen molar-refractivity contribution >= 4 is 23.4 Å². The highest BCUT2D eigenvalue weighted by atomic mass is 32.2. The van der Waals surface area contributed by atoms with Crippen molar-refractivity contribution < 1.29 is 14.5 Å². The van der Waals surface area contributed by atoms with Gasteiger partial charge in [-0.05, 0) is 35.9 Å². The zero-order valence-electron chi connectivity index (χ0n) is 14.0. The van der Waals surface area contributed by atoms with E-state index in [4.69, 9.17) is 4.74 Å². The summed E-state index contributed by atoms with van der Waals surface area (Å²) in [6.45, 7) is 0. The highest BCUT2D eigenvalue weighted by molar-refractivity contribution is 7.99. The van der Waals surface area contributed by atoms with E-state index in [1.807, 2.05) is 54.6 Å². The summed E-state index contributed by atoms with van der Waals surface area (Å²) in [5.74, 6) is 1.07. The number of nitro groups is 1. The summed E-state index contributed by atoms with van der Waals surface area (Å²) < 4.78 is 5.85. The number of fused-ring (bicyclic) bond motifs is 1. The number of ether oxygens (including phenoxy) is 1. The van der Waals surface area contributed by atoms with E-state index in [1.165, 1.54) is 23.9 Å². The molecule has 1 atom stereocenters. The zero-order chi connectivity index (χ0) is 18.8. The van der Waals surface area contributed by atoms with E-state index in [2.05, 4.69) is 5.32 Å². The van der Waals surface area contributed by atoms with Crippen LogP contribution in [0.4, 0.5) is 5.69 Å². The first-order valence-electron chi connectivity index (χ1n) is 8.19. The van der Waals surface area contributed by atoms with Crippen molar-refractivity contribution in [2.75, 3.05) is 0 Å². The summed E-state index contributed by atoms with van der Waals surface area (Å²) in [5, 5.41) is 13.5. The molecule has 1 heterocycles. The Kier molecular flexibility index (Phi) is 4.52. The average molecular weight is 378 g/mol. The molecule has 0 aliphatic carbocycles. The minimum atomic E-state index is -0.505. The van der Waals surface area contributed by atoms with E-state index in [-0.39, 0.29) is 17.0 Å². The van der Waals surface area contributed by atoms with Crippen LogP contribution in [0.2, 0.25) is 0 Å². The predicted molar refractivity (Wildman–Crippen MR) is 102 cm³/mol. The zero-order valence-corrected chi connectivity index (χ0v) is 14.8. The molecule has 1 aliphatic heterocycles. The van der Waals surface area contributed by atoms with Gasteiger partial charge in [0, 0.05) is 17.0 Å². The molecule has 3 aromatic rings. The number of hydrogen-bond acceptors (Lipinski definition) is 5. The second-order valence-electron chi connectivity index (χ2n) is 5.90. The molecule has 0 saturated heterocycles. The molecule has 0 fully saturated rings. The maximum absolute atomic E-state index is 12.4. The fourth-order valence-electron chi connectivity index (χ4n) is 2.78. The quantitative estimate of drug-likeness (QED) is 0.515. The molecule has 0 aromatic heterocycles. The molecular formula is C20H14N2O4S. The fraction of sp³-hybridized carbons (Fsp3) is 0.0500. The molecule has 27 heavy (non-hydrogen) atoms. The van der Waals surface area contributed by atoms with Gasteiger partial charge in [-0.2, -0.15) is 0 Å². The van der Waals surface area contributed by atoms with Crippen molar-refractivity contribution in [3.05, 3.63) is 94.0 Å². The third-order valence-corrected chi connectivity index (χ3v) is 5.30. The summed E-state index contributed by atoms with van der Waals surface area (Å²) >= 11 is 1.44. The van der Waals surface area contributed by atoms with Gasteiger partial charge in [0.05, 0.1) is 10.5 Å². The van der Waals surface area contributed by atoms with Crippen LogP contribution in [0.1, 0.15) is 21.3 Å². The maximum Gasteiger partial charge on any atom is 0.270 e. The Hall–Kier alpha value is -3.32. The Morgan fingerprint density at radius 1 is 0.963 bits per heavy atom. The van der Waals surface area contributed by atoms with Gasteiger partial charge in [0.25, 0.3) is 11.6 Å². The Morgan fingerprint density at radius 3 is 2.52 bits per heavy atom. The molecule has 1 unspecified atom stereocenters. The fourth-order valence-corrected chi connectivity index (χ4v) is 3.91. The summed E-state index contributed by atoms with van der Waals surface area (Å²) in [5.41, 5.74) is 1.11. The van der Waals surface area contributed by atoms with Crippen LogP contribution >= 0.6 is 11.8 Å². The van der Waals surface area contributed by atoms with Gasteiger partial charge in [-0.15, -0.1) is 0 Å². The number of thioether (sulfide) groups is 1. The Bertz CT molecular complexity index is 1020. The molecule has 0 saturated carbocycles. The van der Waals surface area contributed by atoms with Gasteiger partial charge >= 0.3 is 0 Å². The van der Waals surface area contributed by atoms with Crippen molar-refractivity contribution in [2.24, 2.45) is 0 Å². The molecular weight excluding hydrogens is 364 g/mol. The number of benzene rings is 3. The lowest BCUT2D eigenvalue weighted by Crippen LogP contribution is -2.30. The number of para-hydroxylation sites is 1. The summed E-state index contributed by atoms with van der Waals surface area (Å²) in [6, 6.07) is 21.3. The topological polar surface area (TPSA) is 81.5 Å². The van der Waals surface area contributed by atoms with Crippen LogP contribution in [0.3, 0.4) is 0 Å². The number of carbonyl (C=O) groups is 1. The Labute approximate surface area is 159 Å². The van der Waals surface area contributed by atoms with Gasteiger partial charge in [-0.3, -0.25) is 14.9 Å². The predicted octanol–water partition coefficient (Wildman–Crippen LogP) is 4.92. The molecule has 4 rings (SSSR count). The second-order valence-corrected chi connectivity index (χ2v) is 7.04. The minimum absolute atomic E-state index is 0.0961. The maximum atomic E-state index is 12.4. The highest BCUT2D eigenvalue weighted by Gasteiger charge is 2.28. The van der Waals surface area contributed by atoms with Crippen LogP contribution in [0.5, 0.6) is 11.5 Å². The van der Waals surface area contributed by atoms with Crippen LogP contribution < -0.4 is 10.1 Å². The van der Waals surface area contributed by atoms with E-state index in [9.17, 15) is 14.9 Å². The molecule has 1 N–H and O–H groups in total. The number of rotatable bonds is 4. The second kappa shape index (κ2) is 7.13. The van der Waals surface area contributed by atoms with Crippen LogP contribution in [0, 0.1) is 10.1 Å². The van der Waals surface area contributed by atoms with Crippen molar-refractivity contribution in [2.45, 2.75) is 10.3 Å². The first kappa shape index (κ1) is 17.1. The third-order valence-electron chi connectivity index (χ3n) is 4.07. The van der Waals surface area contributed by atoms with E-state index in [1.54, 1.807) is 6.07 Å².